The fraction of sp³-hybridized carbons (Fsp3) is 0.938. The van der Waals surface area contributed by atoms with Crippen molar-refractivity contribution in [3.8, 4) is 0 Å². The molecule has 1 saturated heterocycles. The molecule has 2 rings (SSSR count). The maximum atomic E-state index is 12.8. The van der Waals surface area contributed by atoms with Crippen LogP contribution < -0.4 is 10.6 Å². The van der Waals surface area contributed by atoms with E-state index in [0.29, 0.717) is 11.9 Å². The summed E-state index contributed by atoms with van der Waals surface area (Å²) in [6, 6.07) is 0.425. The first-order valence-corrected chi connectivity index (χ1v) is 9.53. The lowest BCUT2D eigenvalue weighted by molar-refractivity contribution is -0.134. The first-order chi connectivity index (χ1) is 9.70. The van der Waals surface area contributed by atoms with Crippen LogP contribution in [-0.4, -0.2) is 36.5 Å². The Morgan fingerprint density at radius 1 is 1.25 bits per heavy atom. The van der Waals surface area contributed by atoms with Gasteiger partial charge in [0, 0.05) is 11.3 Å². The molecular formula is C16H30N2OS. The predicted molar refractivity (Wildman–Crippen MR) is 87.1 cm³/mol. The van der Waals surface area contributed by atoms with Crippen LogP contribution in [-0.2, 0) is 4.79 Å². The number of carbonyl (C=O) groups is 1. The Morgan fingerprint density at radius 3 is 2.45 bits per heavy atom. The number of piperidine rings is 1. The Hall–Kier alpha value is -0.220. The summed E-state index contributed by atoms with van der Waals surface area (Å²) < 4.78 is 0. The van der Waals surface area contributed by atoms with Crippen LogP contribution in [0.25, 0.3) is 0 Å². The third kappa shape index (κ3) is 3.91. The van der Waals surface area contributed by atoms with Crippen molar-refractivity contribution in [2.45, 2.75) is 69.6 Å². The summed E-state index contributed by atoms with van der Waals surface area (Å²) >= 11 is 1.98. The van der Waals surface area contributed by atoms with Crippen molar-refractivity contribution in [1.29, 1.82) is 0 Å². The smallest absolute Gasteiger partial charge is 0.226 e. The Labute approximate surface area is 128 Å². The van der Waals surface area contributed by atoms with E-state index in [0.717, 1.165) is 56.9 Å². The standard InChI is InChI=1S/C16H30N2OS/c1-3-8-16(9-11-17-12-10-16)15(19)18-13-4-6-14(20-2)7-5-13/h13-14,17H,3-12H2,1-2H3,(H,18,19). The molecule has 1 aliphatic carbocycles. The lowest BCUT2D eigenvalue weighted by Gasteiger charge is -2.38. The molecular weight excluding hydrogens is 268 g/mol. The molecule has 3 nitrogen and oxygen atoms in total. The zero-order valence-electron chi connectivity index (χ0n) is 13.0. The number of carbonyl (C=O) groups excluding carboxylic acids is 1. The maximum Gasteiger partial charge on any atom is 0.226 e. The van der Waals surface area contributed by atoms with Gasteiger partial charge in [0.05, 0.1) is 5.41 Å². The van der Waals surface area contributed by atoms with Crippen LogP contribution in [0.1, 0.15) is 58.3 Å². The number of hydrogen-bond donors (Lipinski definition) is 2. The van der Waals surface area contributed by atoms with E-state index in [9.17, 15) is 4.79 Å². The van der Waals surface area contributed by atoms with Crippen LogP contribution in [0.5, 0.6) is 0 Å². The van der Waals surface area contributed by atoms with E-state index in [2.05, 4.69) is 23.8 Å². The van der Waals surface area contributed by atoms with E-state index in [1.54, 1.807) is 0 Å². The third-order valence-corrected chi connectivity index (χ3v) is 6.25. The lowest BCUT2D eigenvalue weighted by Crippen LogP contribution is -2.51. The average Bonchev–Trinajstić information content (AvgIpc) is 2.49. The summed E-state index contributed by atoms with van der Waals surface area (Å²) in [6.45, 7) is 4.18. The van der Waals surface area contributed by atoms with Gasteiger partial charge >= 0.3 is 0 Å². The number of hydrogen-bond acceptors (Lipinski definition) is 3. The number of amides is 1. The van der Waals surface area contributed by atoms with Crippen LogP contribution in [0.2, 0.25) is 0 Å². The highest BCUT2D eigenvalue weighted by Crippen LogP contribution is 2.35. The van der Waals surface area contributed by atoms with Gasteiger partial charge in [0.1, 0.15) is 0 Å². The summed E-state index contributed by atoms with van der Waals surface area (Å²) in [4.78, 5) is 12.8. The zero-order chi connectivity index (χ0) is 14.4. The largest absolute Gasteiger partial charge is 0.353 e. The Morgan fingerprint density at radius 2 is 1.90 bits per heavy atom. The molecule has 1 heterocycles. The number of thioether (sulfide) groups is 1. The number of nitrogens with one attached hydrogen (secondary N) is 2. The van der Waals surface area contributed by atoms with Gasteiger partial charge in [-0.25, -0.2) is 0 Å². The molecule has 0 atom stereocenters. The zero-order valence-corrected chi connectivity index (χ0v) is 13.9. The third-order valence-electron chi connectivity index (χ3n) is 5.11. The Kier molecular flexibility index (Phi) is 6.21. The molecule has 0 unspecified atom stereocenters. The second kappa shape index (κ2) is 7.69. The van der Waals surface area contributed by atoms with Crippen molar-refractivity contribution < 1.29 is 4.79 Å². The van der Waals surface area contributed by atoms with Gasteiger partial charge in [-0.2, -0.15) is 11.8 Å². The highest BCUT2D eigenvalue weighted by Gasteiger charge is 2.39. The first kappa shape index (κ1) is 16.2. The van der Waals surface area contributed by atoms with Gasteiger partial charge in [0.25, 0.3) is 0 Å². The minimum atomic E-state index is -0.0869. The van der Waals surface area contributed by atoms with E-state index in [1.807, 2.05) is 11.8 Å². The molecule has 20 heavy (non-hydrogen) atoms. The van der Waals surface area contributed by atoms with Crippen LogP contribution >= 0.6 is 11.8 Å². The van der Waals surface area contributed by atoms with Gasteiger partial charge in [0.2, 0.25) is 5.91 Å². The molecule has 1 amide bonds. The van der Waals surface area contributed by atoms with Gasteiger partial charge < -0.3 is 10.6 Å². The second-order valence-corrected chi connectivity index (χ2v) is 7.60. The molecule has 1 saturated carbocycles. The van der Waals surface area contributed by atoms with Crippen LogP contribution in [0.3, 0.4) is 0 Å². The average molecular weight is 298 g/mol. The molecule has 1 aliphatic heterocycles. The van der Waals surface area contributed by atoms with E-state index >= 15 is 0 Å². The number of rotatable bonds is 5. The topological polar surface area (TPSA) is 41.1 Å². The molecule has 2 N–H and O–H groups in total. The molecule has 4 heteroatoms. The van der Waals surface area contributed by atoms with Crippen molar-refractivity contribution in [2.24, 2.45) is 5.41 Å². The van der Waals surface area contributed by atoms with Gasteiger partial charge in [-0.05, 0) is 64.3 Å². The van der Waals surface area contributed by atoms with Gasteiger partial charge in [-0.1, -0.05) is 13.3 Å². The van der Waals surface area contributed by atoms with Crippen molar-refractivity contribution in [2.75, 3.05) is 19.3 Å². The molecule has 116 valence electrons. The molecule has 0 aromatic carbocycles. The van der Waals surface area contributed by atoms with Gasteiger partial charge in [0.15, 0.2) is 0 Å². The highest BCUT2D eigenvalue weighted by molar-refractivity contribution is 7.99. The minimum absolute atomic E-state index is 0.0869. The molecule has 2 fully saturated rings. The summed E-state index contributed by atoms with van der Waals surface area (Å²) in [7, 11) is 0. The fourth-order valence-corrected chi connectivity index (χ4v) is 4.50. The van der Waals surface area contributed by atoms with E-state index in [-0.39, 0.29) is 5.41 Å². The van der Waals surface area contributed by atoms with Crippen LogP contribution in [0.4, 0.5) is 0 Å². The van der Waals surface area contributed by atoms with Gasteiger partial charge in [-0.15, -0.1) is 0 Å². The van der Waals surface area contributed by atoms with E-state index in [4.69, 9.17) is 0 Å². The Balaban J connectivity index is 1.88. The van der Waals surface area contributed by atoms with Crippen LogP contribution in [0.15, 0.2) is 0 Å². The first-order valence-electron chi connectivity index (χ1n) is 8.24. The monoisotopic (exact) mass is 298 g/mol. The van der Waals surface area contributed by atoms with Gasteiger partial charge in [-0.3, -0.25) is 4.79 Å². The molecule has 0 aromatic heterocycles. The SMILES string of the molecule is CCCC1(C(=O)NC2CCC(SC)CC2)CCNCC1. The molecule has 0 spiro atoms. The predicted octanol–water partition coefficient (Wildman–Crippen LogP) is 2.95. The second-order valence-electron chi connectivity index (χ2n) is 6.46. The summed E-state index contributed by atoms with van der Waals surface area (Å²) in [5.74, 6) is 0.341. The fourth-order valence-electron chi connectivity index (χ4n) is 3.76. The van der Waals surface area contributed by atoms with Crippen molar-refractivity contribution in [1.82, 2.24) is 10.6 Å². The summed E-state index contributed by atoms with van der Waals surface area (Å²) in [6.07, 6.45) is 11.2. The molecule has 0 aromatic rings. The summed E-state index contributed by atoms with van der Waals surface area (Å²) in [5.41, 5.74) is -0.0869. The highest BCUT2D eigenvalue weighted by atomic mass is 32.2. The van der Waals surface area contributed by atoms with Crippen LogP contribution in [0, 0.1) is 5.41 Å². The summed E-state index contributed by atoms with van der Waals surface area (Å²) in [5, 5.41) is 7.58. The molecule has 2 aliphatic rings. The Bertz CT molecular complexity index is 302. The molecule has 0 radical (unpaired) electrons. The van der Waals surface area contributed by atoms with E-state index in [1.165, 1.54) is 12.8 Å². The maximum absolute atomic E-state index is 12.8. The van der Waals surface area contributed by atoms with E-state index < -0.39 is 0 Å². The molecule has 0 bridgehead atoms. The lowest BCUT2D eigenvalue weighted by atomic mass is 9.74. The normalized spacial score (nSPS) is 29.9. The van der Waals surface area contributed by atoms with Crippen molar-refractivity contribution in [3.63, 3.8) is 0 Å². The van der Waals surface area contributed by atoms with Crippen molar-refractivity contribution in [3.05, 3.63) is 0 Å². The van der Waals surface area contributed by atoms with Crippen molar-refractivity contribution >= 4 is 17.7 Å². The minimum Gasteiger partial charge on any atom is -0.353 e. The quantitative estimate of drug-likeness (QED) is 0.820.